The lowest BCUT2D eigenvalue weighted by molar-refractivity contribution is -0.122. The van der Waals surface area contributed by atoms with Crippen LogP contribution < -0.4 is 14.4 Å². The maximum absolute atomic E-state index is 12.6. The highest BCUT2D eigenvalue weighted by Gasteiger charge is 2.29. The predicted octanol–water partition coefficient (Wildman–Crippen LogP) is 2.82. The lowest BCUT2D eigenvalue weighted by Crippen LogP contribution is -2.47. The first kappa shape index (κ1) is 20.1. The van der Waals surface area contributed by atoms with E-state index in [4.69, 9.17) is 16.3 Å². The Morgan fingerprint density at radius 3 is 2.38 bits per heavy atom. The fraction of sp³-hybridized carbons (Fsp3) is 0.278. The number of hydrogen-bond acceptors (Lipinski definition) is 4. The second-order valence-electron chi connectivity index (χ2n) is 5.74. The predicted molar refractivity (Wildman–Crippen MR) is 103 cm³/mol. The number of benzene rings is 2. The number of carbonyl (C=O) groups excluding carboxylic acids is 1. The van der Waals surface area contributed by atoms with Gasteiger partial charge in [-0.25, -0.2) is 8.42 Å². The van der Waals surface area contributed by atoms with Crippen molar-refractivity contribution in [2.24, 2.45) is 0 Å². The molecule has 0 aliphatic carbocycles. The molecule has 2 rings (SSSR count). The van der Waals surface area contributed by atoms with E-state index < -0.39 is 22.0 Å². The van der Waals surface area contributed by atoms with Gasteiger partial charge in [-0.1, -0.05) is 29.8 Å². The number of sulfonamides is 1. The van der Waals surface area contributed by atoms with Crippen molar-refractivity contribution in [1.29, 1.82) is 0 Å². The molecule has 1 N–H and O–H groups in total. The molecule has 0 saturated carbocycles. The van der Waals surface area contributed by atoms with Crippen molar-refractivity contribution in [3.63, 3.8) is 0 Å². The van der Waals surface area contributed by atoms with Crippen LogP contribution in [0, 0.1) is 0 Å². The van der Waals surface area contributed by atoms with E-state index in [9.17, 15) is 13.2 Å². The number of nitrogens with one attached hydrogen (secondary N) is 1. The summed E-state index contributed by atoms with van der Waals surface area (Å²) >= 11 is 5.86. The van der Waals surface area contributed by atoms with Crippen molar-refractivity contribution >= 4 is 33.2 Å². The van der Waals surface area contributed by atoms with E-state index in [1.165, 1.54) is 6.92 Å². The Kier molecular flexibility index (Phi) is 6.50. The Labute approximate surface area is 158 Å². The van der Waals surface area contributed by atoms with Crippen LogP contribution in [0.4, 0.5) is 5.69 Å². The number of amides is 1. The molecule has 0 aliphatic heterocycles. The maximum atomic E-state index is 12.6. The van der Waals surface area contributed by atoms with Crippen molar-refractivity contribution in [2.45, 2.75) is 19.5 Å². The third kappa shape index (κ3) is 4.89. The molecule has 6 nitrogen and oxygen atoms in total. The number of anilines is 1. The lowest BCUT2D eigenvalue weighted by Gasteiger charge is -2.28. The summed E-state index contributed by atoms with van der Waals surface area (Å²) in [6.07, 6.45) is 1.06. The SMILES string of the molecule is COc1ccccc1CNC(=O)[C@H](C)N(c1ccc(Cl)cc1)S(C)(=O)=O. The Morgan fingerprint density at radius 2 is 1.81 bits per heavy atom. The summed E-state index contributed by atoms with van der Waals surface area (Å²) in [6, 6.07) is 12.6. The van der Waals surface area contributed by atoms with Gasteiger partial charge in [0.2, 0.25) is 15.9 Å². The minimum atomic E-state index is -3.67. The van der Waals surface area contributed by atoms with Crippen LogP contribution in [0.15, 0.2) is 48.5 Å². The number of ether oxygens (including phenoxy) is 1. The van der Waals surface area contributed by atoms with E-state index in [0.717, 1.165) is 16.1 Å². The monoisotopic (exact) mass is 396 g/mol. The fourth-order valence-corrected chi connectivity index (χ4v) is 3.88. The van der Waals surface area contributed by atoms with Gasteiger partial charge >= 0.3 is 0 Å². The van der Waals surface area contributed by atoms with Crippen LogP contribution in [0.1, 0.15) is 12.5 Å². The van der Waals surface area contributed by atoms with E-state index in [0.29, 0.717) is 16.5 Å². The topological polar surface area (TPSA) is 75.7 Å². The van der Waals surface area contributed by atoms with E-state index in [-0.39, 0.29) is 6.54 Å². The van der Waals surface area contributed by atoms with Crippen molar-refractivity contribution in [3.05, 3.63) is 59.1 Å². The molecule has 0 spiro atoms. The van der Waals surface area contributed by atoms with Gasteiger partial charge in [0, 0.05) is 17.1 Å². The first-order chi connectivity index (χ1) is 12.2. The summed E-state index contributed by atoms with van der Waals surface area (Å²) in [5.41, 5.74) is 1.17. The average molecular weight is 397 g/mol. The number of hydrogen-bond donors (Lipinski definition) is 1. The molecule has 8 heteroatoms. The second-order valence-corrected chi connectivity index (χ2v) is 8.04. The van der Waals surface area contributed by atoms with Gasteiger partial charge in [0.1, 0.15) is 11.8 Å². The average Bonchev–Trinajstić information content (AvgIpc) is 2.60. The molecule has 2 aromatic carbocycles. The zero-order valence-corrected chi connectivity index (χ0v) is 16.3. The molecule has 26 heavy (non-hydrogen) atoms. The normalized spacial score (nSPS) is 12.3. The molecule has 1 amide bonds. The van der Waals surface area contributed by atoms with Crippen molar-refractivity contribution in [1.82, 2.24) is 5.32 Å². The molecule has 0 unspecified atom stereocenters. The Hall–Kier alpha value is -2.25. The minimum absolute atomic E-state index is 0.228. The summed E-state index contributed by atoms with van der Waals surface area (Å²) in [4.78, 5) is 12.6. The van der Waals surface area contributed by atoms with Gasteiger partial charge in [-0.05, 0) is 37.3 Å². The van der Waals surface area contributed by atoms with Crippen LogP contribution in [0.3, 0.4) is 0 Å². The molecule has 0 heterocycles. The van der Waals surface area contributed by atoms with Gasteiger partial charge in [0.05, 0.1) is 19.1 Å². The summed E-state index contributed by atoms with van der Waals surface area (Å²) < 4.78 is 30.8. The van der Waals surface area contributed by atoms with E-state index in [1.54, 1.807) is 37.4 Å². The van der Waals surface area contributed by atoms with Crippen LogP contribution in [-0.4, -0.2) is 33.7 Å². The second kappa shape index (κ2) is 8.42. The molecule has 0 fully saturated rings. The summed E-state index contributed by atoms with van der Waals surface area (Å²) in [7, 11) is -2.12. The molecule has 0 saturated heterocycles. The lowest BCUT2D eigenvalue weighted by atomic mass is 10.2. The molecule has 2 aromatic rings. The summed E-state index contributed by atoms with van der Waals surface area (Å²) in [5, 5.41) is 3.24. The first-order valence-corrected chi connectivity index (χ1v) is 10.1. The van der Waals surface area contributed by atoms with Gasteiger partial charge in [0.15, 0.2) is 0 Å². The van der Waals surface area contributed by atoms with Crippen molar-refractivity contribution in [2.75, 3.05) is 17.7 Å². The molecule has 0 bridgehead atoms. The van der Waals surface area contributed by atoms with Crippen LogP contribution in [0.5, 0.6) is 5.75 Å². The highest BCUT2D eigenvalue weighted by atomic mass is 35.5. The first-order valence-electron chi connectivity index (χ1n) is 7.88. The number of nitrogens with zero attached hydrogens (tertiary/aromatic N) is 1. The number of halogens is 1. The molecule has 0 aliphatic rings. The highest BCUT2D eigenvalue weighted by molar-refractivity contribution is 7.92. The standard InChI is InChI=1S/C18H21ClN2O4S/c1-13(18(22)20-12-14-6-4-5-7-17(14)25-2)21(26(3,23)24)16-10-8-15(19)9-11-16/h4-11,13H,12H2,1-3H3,(H,20,22)/t13-/m0/s1. The van der Waals surface area contributed by atoms with Gasteiger partial charge in [0.25, 0.3) is 0 Å². The summed E-state index contributed by atoms with van der Waals surface area (Å²) in [6.45, 7) is 1.76. The fourth-order valence-electron chi connectivity index (χ4n) is 2.58. The maximum Gasteiger partial charge on any atom is 0.243 e. The van der Waals surface area contributed by atoms with E-state index in [1.807, 2.05) is 18.2 Å². The van der Waals surface area contributed by atoms with Gasteiger partial charge in [-0.15, -0.1) is 0 Å². The largest absolute Gasteiger partial charge is 0.496 e. The van der Waals surface area contributed by atoms with E-state index >= 15 is 0 Å². The number of carbonyl (C=O) groups is 1. The molecule has 140 valence electrons. The van der Waals surface area contributed by atoms with Gasteiger partial charge in [-0.2, -0.15) is 0 Å². The minimum Gasteiger partial charge on any atom is -0.496 e. The Morgan fingerprint density at radius 1 is 1.19 bits per heavy atom. The molecular formula is C18H21ClN2O4S. The van der Waals surface area contributed by atoms with Crippen LogP contribution >= 0.6 is 11.6 Å². The third-order valence-corrected chi connectivity index (χ3v) is 5.31. The molecular weight excluding hydrogens is 376 g/mol. The van der Waals surface area contributed by atoms with Crippen LogP contribution in [0.25, 0.3) is 0 Å². The summed E-state index contributed by atoms with van der Waals surface area (Å²) in [5.74, 6) is 0.231. The zero-order chi connectivity index (χ0) is 19.3. The molecule has 0 radical (unpaired) electrons. The third-order valence-electron chi connectivity index (χ3n) is 3.82. The zero-order valence-electron chi connectivity index (χ0n) is 14.8. The van der Waals surface area contributed by atoms with Crippen molar-refractivity contribution < 1.29 is 17.9 Å². The number of rotatable bonds is 7. The highest BCUT2D eigenvalue weighted by Crippen LogP contribution is 2.23. The van der Waals surface area contributed by atoms with Gasteiger partial charge < -0.3 is 10.1 Å². The van der Waals surface area contributed by atoms with E-state index in [2.05, 4.69) is 5.32 Å². The molecule has 0 aromatic heterocycles. The molecule has 1 atom stereocenters. The Bertz CT molecular complexity index is 869. The quantitative estimate of drug-likeness (QED) is 0.780. The smallest absolute Gasteiger partial charge is 0.243 e. The number of methoxy groups -OCH3 is 1. The van der Waals surface area contributed by atoms with Crippen LogP contribution in [-0.2, 0) is 21.4 Å². The number of para-hydroxylation sites is 1. The van der Waals surface area contributed by atoms with Gasteiger partial charge in [-0.3, -0.25) is 9.10 Å². The Balaban J connectivity index is 2.18. The van der Waals surface area contributed by atoms with Crippen LogP contribution in [0.2, 0.25) is 5.02 Å². The van der Waals surface area contributed by atoms with Crippen molar-refractivity contribution in [3.8, 4) is 5.75 Å².